The van der Waals surface area contributed by atoms with Crippen molar-refractivity contribution in [1.29, 1.82) is 0 Å². The zero-order chi connectivity index (χ0) is 9.42. The van der Waals surface area contributed by atoms with Crippen molar-refractivity contribution in [3.8, 4) is 0 Å². The van der Waals surface area contributed by atoms with Crippen LogP contribution in [0.15, 0.2) is 0 Å². The Balaban J connectivity index is 0.000000980. The first-order chi connectivity index (χ1) is 6.16. The van der Waals surface area contributed by atoms with E-state index in [4.69, 9.17) is 4.74 Å². The zero-order valence-electron chi connectivity index (χ0n) is 8.90. The number of fused-ring (bicyclic) bond motifs is 1. The Morgan fingerprint density at radius 1 is 1.50 bits per heavy atom. The van der Waals surface area contributed by atoms with E-state index < -0.39 is 0 Å². The molecule has 2 aliphatic rings. The predicted molar refractivity (Wildman–Crippen MR) is 47.9 cm³/mol. The number of nitrogens with zero attached hydrogens (tertiary/aromatic N) is 2. The van der Waals surface area contributed by atoms with Gasteiger partial charge in [-0.2, -0.15) is 0 Å². The van der Waals surface area contributed by atoms with Gasteiger partial charge in [0.2, 0.25) is 0 Å². The van der Waals surface area contributed by atoms with Gasteiger partial charge in [0, 0.05) is 26.1 Å². The second kappa shape index (κ2) is 5.27. The standard InChI is InChI=1S/C9H15N2O2.K/c1-10-4-3-7-5-11(2)9(12)13-8(7)6-10;/h7-8H,1,3-6H2,2H3;/q-1;+1/t7-,8+;/m1./s1. The number of likely N-dealkylation sites (tertiary alicyclic amines) is 1. The van der Waals surface area contributed by atoms with E-state index >= 15 is 0 Å². The molecule has 0 N–H and O–H groups in total. The van der Waals surface area contributed by atoms with Crippen LogP contribution in [-0.2, 0) is 4.74 Å². The van der Waals surface area contributed by atoms with Crippen LogP contribution in [0.4, 0.5) is 4.79 Å². The summed E-state index contributed by atoms with van der Waals surface area (Å²) in [7, 11) is 5.65. The van der Waals surface area contributed by atoms with Gasteiger partial charge in [0.1, 0.15) is 6.10 Å². The molecule has 0 unspecified atom stereocenters. The molecule has 0 aromatic carbocycles. The Hall–Kier alpha value is 0.866. The SMILES string of the molecule is [CH2-]N1CC[C@@H]2CN(C)C(=O)O[C@H]2C1.[K+]. The maximum Gasteiger partial charge on any atom is 1.00 e. The molecule has 14 heavy (non-hydrogen) atoms. The van der Waals surface area contributed by atoms with Gasteiger partial charge in [0.05, 0.1) is 0 Å². The van der Waals surface area contributed by atoms with Crippen LogP contribution in [0.2, 0.25) is 0 Å². The van der Waals surface area contributed by atoms with Crippen molar-refractivity contribution < 1.29 is 60.9 Å². The molecule has 0 bridgehead atoms. The number of ether oxygens (including phenoxy) is 1. The van der Waals surface area contributed by atoms with E-state index in [1.165, 1.54) is 0 Å². The summed E-state index contributed by atoms with van der Waals surface area (Å²) in [4.78, 5) is 14.8. The van der Waals surface area contributed by atoms with Crippen molar-refractivity contribution in [3.63, 3.8) is 0 Å². The van der Waals surface area contributed by atoms with Crippen LogP contribution in [0.1, 0.15) is 6.42 Å². The van der Waals surface area contributed by atoms with Gasteiger partial charge in [0.15, 0.2) is 0 Å². The average Bonchev–Trinajstić information content (AvgIpc) is 2.08. The minimum absolute atomic E-state index is 0. The molecular formula is C9H15KN2O2. The molecule has 0 saturated carbocycles. The fraction of sp³-hybridized carbons (Fsp3) is 0.778. The molecule has 2 heterocycles. The third-order valence-corrected chi connectivity index (χ3v) is 2.85. The van der Waals surface area contributed by atoms with Gasteiger partial charge in [-0.15, -0.1) is 0 Å². The van der Waals surface area contributed by atoms with E-state index in [1.54, 1.807) is 11.9 Å². The number of carbonyl (C=O) groups excluding carboxylic acids is 1. The quantitative estimate of drug-likeness (QED) is 0.337. The largest absolute Gasteiger partial charge is 1.00 e. The molecular weight excluding hydrogens is 207 g/mol. The molecule has 0 aliphatic carbocycles. The molecule has 4 nitrogen and oxygen atoms in total. The van der Waals surface area contributed by atoms with Crippen molar-refractivity contribution in [2.75, 3.05) is 26.7 Å². The maximum absolute atomic E-state index is 11.2. The first-order valence-corrected chi connectivity index (χ1v) is 4.64. The molecule has 2 atom stereocenters. The maximum atomic E-state index is 11.2. The van der Waals surface area contributed by atoms with Gasteiger partial charge >= 0.3 is 57.5 Å². The molecule has 2 saturated heterocycles. The average molecular weight is 222 g/mol. The van der Waals surface area contributed by atoms with Crippen molar-refractivity contribution in [3.05, 3.63) is 7.05 Å². The Bertz CT molecular complexity index is 225. The predicted octanol–water partition coefficient (Wildman–Crippen LogP) is -2.45. The van der Waals surface area contributed by atoms with Crippen LogP contribution < -0.4 is 51.4 Å². The normalized spacial score (nSPS) is 33.0. The Kier molecular flexibility index (Phi) is 4.87. The molecule has 2 fully saturated rings. The molecule has 2 aliphatic heterocycles. The van der Waals surface area contributed by atoms with E-state index in [2.05, 4.69) is 7.05 Å². The van der Waals surface area contributed by atoms with Crippen molar-refractivity contribution >= 4 is 6.09 Å². The van der Waals surface area contributed by atoms with Gasteiger partial charge in [-0.3, -0.25) is 7.05 Å². The minimum Gasteiger partial charge on any atom is -0.456 e. The molecule has 0 aromatic rings. The summed E-state index contributed by atoms with van der Waals surface area (Å²) >= 11 is 0. The number of rotatable bonds is 0. The summed E-state index contributed by atoms with van der Waals surface area (Å²) in [6.45, 7) is 2.62. The molecule has 1 amide bonds. The first-order valence-electron chi connectivity index (χ1n) is 4.64. The van der Waals surface area contributed by atoms with E-state index in [1.807, 2.05) is 4.90 Å². The van der Waals surface area contributed by atoms with Gasteiger partial charge in [-0.1, -0.05) is 0 Å². The summed E-state index contributed by atoms with van der Waals surface area (Å²) in [5, 5.41) is 0. The fourth-order valence-electron chi connectivity index (χ4n) is 2.02. The van der Waals surface area contributed by atoms with Crippen LogP contribution >= 0.6 is 0 Å². The summed E-state index contributed by atoms with van der Waals surface area (Å²) in [5.74, 6) is 0.501. The third-order valence-electron chi connectivity index (χ3n) is 2.85. The molecule has 5 heteroatoms. The number of piperidine rings is 1. The fourth-order valence-corrected chi connectivity index (χ4v) is 2.02. The van der Waals surface area contributed by atoms with Crippen LogP contribution in [0.3, 0.4) is 0 Å². The summed E-state index contributed by atoms with van der Waals surface area (Å²) < 4.78 is 5.28. The summed E-state index contributed by atoms with van der Waals surface area (Å²) in [5.41, 5.74) is 0. The van der Waals surface area contributed by atoms with E-state index in [0.29, 0.717) is 5.92 Å². The second-order valence-corrected chi connectivity index (χ2v) is 3.93. The Morgan fingerprint density at radius 2 is 2.21 bits per heavy atom. The minimum atomic E-state index is -0.198. The van der Waals surface area contributed by atoms with Crippen LogP contribution in [-0.4, -0.2) is 48.7 Å². The molecule has 0 spiro atoms. The monoisotopic (exact) mass is 222 g/mol. The second-order valence-electron chi connectivity index (χ2n) is 3.93. The summed E-state index contributed by atoms with van der Waals surface area (Å²) in [6.07, 6.45) is 0.942. The Morgan fingerprint density at radius 3 is 2.93 bits per heavy atom. The summed E-state index contributed by atoms with van der Waals surface area (Å²) in [6, 6.07) is 0. The smallest absolute Gasteiger partial charge is 0.456 e. The van der Waals surface area contributed by atoms with Gasteiger partial charge in [-0.05, 0) is 13.0 Å². The third kappa shape index (κ3) is 2.71. The van der Waals surface area contributed by atoms with Crippen molar-refractivity contribution in [1.82, 2.24) is 9.80 Å². The topological polar surface area (TPSA) is 32.8 Å². The Labute approximate surface area is 127 Å². The van der Waals surface area contributed by atoms with E-state index in [0.717, 1.165) is 26.1 Å². The van der Waals surface area contributed by atoms with Crippen molar-refractivity contribution in [2.24, 2.45) is 5.92 Å². The zero-order valence-corrected chi connectivity index (χ0v) is 12.0. The molecule has 74 valence electrons. The molecule has 2 rings (SSSR count). The van der Waals surface area contributed by atoms with Gasteiger partial charge in [-0.25, -0.2) is 4.79 Å². The number of amides is 1. The van der Waals surface area contributed by atoms with E-state index in [9.17, 15) is 4.79 Å². The van der Waals surface area contributed by atoms with Gasteiger partial charge < -0.3 is 14.5 Å². The first kappa shape index (κ1) is 12.9. The molecule has 0 aromatic heterocycles. The molecule has 0 radical (unpaired) electrons. The van der Waals surface area contributed by atoms with Crippen molar-refractivity contribution in [2.45, 2.75) is 12.5 Å². The number of hydrogen-bond acceptors (Lipinski definition) is 3. The van der Waals surface area contributed by atoms with Gasteiger partial charge in [0.25, 0.3) is 0 Å². The number of carbonyl (C=O) groups is 1. The van der Waals surface area contributed by atoms with Crippen LogP contribution in [0.5, 0.6) is 0 Å². The van der Waals surface area contributed by atoms with E-state index in [-0.39, 0.29) is 63.6 Å². The number of hydrogen-bond donors (Lipinski definition) is 0. The van der Waals surface area contributed by atoms with Crippen LogP contribution in [0, 0.1) is 13.0 Å². The van der Waals surface area contributed by atoms with Crippen LogP contribution in [0.25, 0.3) is 0 Å².